The number of ether oxygens (including phenoxy) is 1. The highest BCUT2D eigenvalue weighted by Gasteiger charge is 2.16. The molecule has 2 rings (SSSR count). The smallest absolute Gasteiger partial charge is 0.261 e. The predicted molar refractivity (Wildman–Crippen MR) is 103 cm³/mol. The molecule has 0 radical (unpaired) electrons. The van der Waals surface area contributed by atoms with Gasteiger partial charge < -0.3 is 10.1 Å². The summed E-state index contributed by atoms with van der Waals surface area (Å²) in [4.78, 5) is 12.4. The zero-order chi connectivity index (χ0) is 18.4. The second-order valence-electron chi connectivity index (χ2n) is 6.56. The minimum Gasteiger partial charge on any atom is -0.481 e. The lowest BCUT2D eigenvalue weighted by molar-refractivity contribution is -0.127. The van der Waals surface area contributed by atoms with E-state index in [1.165, 1.54) is 16.7 Å². The highest BCUT2D eigenvalue weighted by molar-refractivity contribution is 5.80. The molecule has 0 spiro atoms. The van der Waals surface area contributed by atoms with Crippen LogP contribution < -0.4 is 10.1 Å². The number of carbonyl (C=O) groups excluding carboxylic acids is 1. The van der Waals surface area contributed by atoms with Crippen molar-refractivity contribution < 1.29 is 9.53 Å². The molecule has 0 aliphatic carbocycles. The Kier molecular flexibility index (Phi) is 6.63. The summed E-state index contributed by atoms with van der Waals surface area (Å²) in [7, 11) is 0. The van der Waals surface area contributed by atoms with Crippen LogP contribution in [-0.2, 0) is 24.2 Å². The maximum absolute atomic E-state index is 12.4. The minimum absolute atomic E-state index is 0.0927. The fourth-order valence-electron chi connectivity index (χ4n) is 2.81. The van der Waals surface area contributed by atoms with E-state index in [0.717, 1.165) is 29.7 Å². The van der Waals surface area contributed by atoms with Gasteiger partial charge in [0.15, 0.2) is 6.10 Å². The van der Waals surface area contributed by atoms with Gasteiger partial charge in [0.25, 0.3) is 5.91 Å². The van der Waals surface area contributed by atoms with E-state index in [4.69, 9.17) is 4.74 Å². The first-order chi connectivity index (χ1) is 11.9. The SMILES string of the molecule is CCc1ccc(CC)c(CNC(=O)C(C)Oc2cc(C)ccc2C)c1. The maximum Gasteiger partial charge on any atom is 0.261 e. The molecule has 0 aliphatic heterocycles. The van der Waals surface area contributed by atoms with Gasteiger partial charge in [0.2, 0.25) is 0 Å². The summed E-state index contributed by atoms with van der Waals surface area (Å²) in [6.07, 6.45) is 1.43. The molecule has 0 heterocycles. The molecule has 1 amide bonds. The number of benzene rings is 2. The van der Waals surface area contributed by atoms with Gasteiger partial charge in [-0.05, 0) is 67.5 Å². The van der Waals surface area contributed by atoms with Gasteiger partial charge in [-0.15, -0.1) is 0 Å². The van der Waals surface area contributed by atoms with Crippen molar-refractivity contribution in [3.8, 4) is 5.75 Å². The molecule has 1 atom stereocenters. The molecule has 0 aromatic heterocycles. The summed E-state index contributed by atoms with van der Waals surface area (Å²) in [5.74, 6) is 0.676. The number of hydrogen-bond acceptors (Lipinski definition) is 2. The van der Waals surface area contributed by atoms with Crippen molar-refractivity contribution in [2.75, 3.05) is 0 Å². The van der Waals surface area contributed by atoms with E-state index in [-0.39, 0.29) is 5.91 Å². The normalized spacial score (nSPS) is 11.9. The van der Waals surface area contributed by atoms with Crippen molar-refractivity contribution in [3.05, 3.63) is 64.2 Å². The van der Waals surface area contributed by atoms with Crippen molar-refractivity contribution in [1.29, 1.82) is 0 Å². The third-order valence-corrected chi connectivity index (χ3v) is 4.53. The van der Waals surface area contributed by atoms with Gasteiger partial charge in [0, 0.05) is 6.54 Å². The van der Waals surface area contributed by atoms with E-state index >= 15 is 0 Å². The Morgan fingerprint density at radius 2 is 1.80 bits per heavy atom. The molecule has 3 heteroatoms. The summed E-state index contributed by atoms with van der Waals surface area (Å²) < 4.78 is 5.87. The van der Waals surface area contributed by atoms with Crippen LogP contribution in [0.2, 0.25) is 0 Å². The third kappa shape index (κ3) is 5.09. The van der Waals surface area contributed by atoms with Gasteiger partial charge in [-0.1, -0.05) is 44.2 Å². The molecule has 2 aromatic carbocycles. The number of hydrogen-bond donors (Lipinski definition) is 1. The Morgan fingerprint density at radius 1 is 1.04 bits per heavy atom. The average Bonchev–Trinajstić information content (AvgIpc) is 2.62. The van der Waals surface area contributed by atoms with Crippen molar-refractivity contribution in [3.63, 3.8) is 0 Å². The molecule has 1 unspecified atom stereocenters. The molecule has 0 saturated carbocycles. The van der Waals surface area contributed by atoms with E-state index < -0.39 is 6.10 Å². The summed E-state index contributed by atoms with van der Waals surface area (Å²) in [6, 6.07) is 12.5. The molecule has 134 valence electrons. The fourth-order valence-corrected chi connectivity index (χ4v) is 2.81. The number of amides is 1. The van der Waals surface area contributed by atoms with Crippen molar-refractivity contribution in [1.82, 2.24) is 5.32 Å². The first kappa shape index (κ1) is 19.0. The summed E-state index contributed by atoms with van der Waals surface area (Å²) in [6.45, 7) is 10.6. The van der Waals surface area contributed by atoms with Gasteiger partial charge in [-0.25, -0.2) is 0 Å². The lowest BCUT2D eigenvalue weighted by Gasteiger charge is -2.17. The van der Waals surface area contributed by atoms with Crippen LogP contribution in [0.5, 0.6) is 5.75 Å². The maximum atomic E-state index is 12.4. The molecule has 0 saturated heterocycles. The molecular weight excluding hydrogens is 310 g/mol. The molecular formula is C22H29NO2. The van der Waals surface area contributed by atoms with E-state index in [1.54, 1.807) is 6.92 Å². The topological polar surface area (TPSA) is 38.3 Å². The van der Waals surface area contributed by atoms with E-state index in [1.807, 2.05) is 32.0 Å². The summed E-state index contributed by atoms with van der Waals surface area (Å²) in [5.41, 5.74) is 5.92. The van der Waals surface area contributed by atoms with Gasteiger partial charge >= 0.3 is 0 Å². The fraction of sp³-hybridized carbons (Fsp3) is 0.409. The monoisotopic (exact) mass is 339 g/mol. The molecule has 25 heavy (non-hydrogen) atoms. The Balaban J connectivity index is 2.01. The van der Waals surface area contributed by atoms with Crippen LogP contribution >= 0.6 is 0 Å². The number of nitrogens with one attached hydrogen (secondary N) is 1. The van der Waals surface area contributed by atoms with Crippen LogP contribution in [0.15, 0.2) is 36.4 Å². The Bertz CT molecular complexity index is 737. The second kappa shape index (κ2) is 8.70. The summed E-state index contributed by atoms with van der Waals surface area (Å²) >= 11 is 0. The van der Waals surface area contributed by atoms with Crippen molar-refractivity contribution in [2.45, 2.75) is 60.1 Å². The van der Waals surface area contributed by atoms with Crippen LogP contribution in [0.3, 0.4) is 0 Å². The Labute approximate surface area is 151 Å². The highest BCUT2D eigenvalue weighted by atomic mass is 16.5. The van der Waals surface area contributed by atoms with Crippen LogP contribution in [0.1, 0.15) is 48.6 Å². The van der Waals surface area contributed by atoms with E-state index in [0.29, 0.717) is 6.54 Å². The second-order valence-corrected chi connectivity index (χ2v) is 6.56. The van der Waals surface area contributed by atoms with Crippen molar-refractivity contribution in [2.24, 2.45) is 0 Å². The average molecular weight is 339 g/mol. The van der Waals surface area contributed by atoms with Crippen LogP contribution in [-0.4, -0.2) is 12.0 Å². The predicted octanol–water partition coefficient (Wildman–Crippen LogP) is 4.51. The minimum atomic E-state index is -0.528. The van der Waals surface area contributed by atoms with Crippen LogP contribution in [0.25, 0.3) is 0 Å². The molecule has 0 bridgehead atoms. The first-order valence-corrected chi connectivity index (χ1v) is 9.06. The molecule has 2 aromatic rings. The molecule has 3 nitrogen and oxygen atoms in total. The summed E-state index contributed by atoms with van der Waals surface area (Å²) in [5, 5.41) is 3.02. The number of rotatable bonds is 7. The highest BCUT2D eigenvalue weighted by Crippen LogP contribution is 2.20. The standard InChI is InChI=1S/C22H29NO2/c1-6-18-10-11-19(7-2)20(13-18)14-23-22(24)17(5)25-21-12-15(3)8-9-16(21)4/h8-13,17H,6-7,14H2,1-5H3,(H,23,24). The largest absolute Gasteiger partial charge is 0.481 e. The van der Waals surface area contributed by atoms with Gasteiger partial charge in [0.1, 0.15) is 5.75 Å². The number of carbonyl (C=O) groups is 1. The molecule has 0 fully saturated rings. The van der Waals surface area contributed by atoms with E-state index in [2.05, 4.69) is 37.4 Å². The molecule has 1 N–H and O–H groups in total. The van der Waals surface area contributed by atoms with E-state index in [9.17, 15) is 4.79 Å². The quantitative estimate of drug-likeness (QED) is 0.806. The zero-order valence-corrected chi connectivity index (χ0v) is 16.0. The lowest BCUT2D eigenvalue weighted by atomic mass is 10.0. The number of aryl methyl sites for hydroxylation is 4. The van der Waals surface area contributed by atoms with Crippen LogP contribution in [0.4, 0.5) is 0 Å². The van der Waals surface area contributed by atoms with Gasteiger partial charge in [0.05, 0.1) is 0 Å². The van der Waals surface area contributed by atoms with Gasteiger partial charge in [-0.3, -0.25) is 4.79 Å². The van der Waals surface area contributed by atoms with Gasteiger partial charge in [-0.2, -0.15) is 0 Å². The third-order valence-electron chi connectivity index (χ3n) is 4.53. The first-order valence-electron chi connectivity index (χ1n) is 9.06. The van der Waals surface area contributed by atoms with Crippen LogP contribution in [0, 0.1) is 13.8 Å². The Hall–Kier alpha value is -2.29. The molecule has 0 aliphatic rings. The lowest BCUT2D eigenvalue weighted by Crippen LogP contribution is -2.36. The Morgan fingerprint density at radius 3 is 2.48 bits per heavy atom. The zero-order valence-electron chi connectivity index (χ0n) is 16.0. The van der Waals surface area contributed by atoms with Crippen molar-refractivity contribution >= 4 is 5.91 Å².